The average Bonchev–Trinajstić information content (AvgIpc) is 3.03. The molecule has 2 aromatic rings. The zero-order valence-electron chi connectivity index (χ0n) is 13.4. The van der Waals surface area contributed by atoms with Gasteiger partial charge in [0.2, 0.25) is 12.7 Å². The number of halogens is 1. The maximum atomic E-state index is 12.0. The van der Waals surface area contributed by atoms with E-state index in [1.54, 1.807) is 0 Å². The van der Waals surface area contributed by atoms with Gasteiger partial charge in [0.1, 0.15) is 0 Å². The summed E-state index contributed by atoms with van der Waals surface area (Å²) < 4.78 is 11.6. The SMILES string of the molecule is Cc1ccc(NC(=O)CCNCc2ccc3c(c2)OCO3)cc1Br. The first-order valence-electron chi connectivity index (χ1n) is 7.77. The first-order chi connectivity index (χ1) is 11.6. The second-order valence-electron chi connectivity index (χ2n) is 5.63. The first-order valence-corrected chi connectivity index (χ1v) is 8.56. The van der Waals surface area contributed by atoms with Crippen molar-refractivity contribution in [1.29, 1.82) is 0 Å². The van der Waals surface area contributed by atoms with Gasteiger partial charge >= 0.3 is 0 Å². The number of hydrogen-bond donors (Lipinski definition) is 2. The molecule has 24 heavy (non-hydrogen) atoms. The van der Waals surface area contributed by atoms with Crippen molar-refractivity contribution in [1.82, 2.24) is 5.32 Å². The molecule has 0 aromatic heterocycles. The molecule has 126 valence electrons. The molecule has 2 N–H and O–H groups in total. The van der Waals surface area contributed by atoms with Gasteiger partial charge in [-0.25, -0.2) is 0 Å². The Morgan fingerprint density at radius 2 is 2.00 bits per heavy atom. The molecule has 1 amide bonds. The van der Waals surface area contributed by atoms with Gasteiger partial charge in [-0.05, 0) is 42.3 Å². The fraction of sp³-hybridized carbons (Fsp3) is 0.278. The Kier molecular flexibility index (Phi) is 5.37. The zero-order valence-corrected chi connectivity index (χ0v) is 15.0. The van der Waals surface area contributed by atoms with Crippen molar-refractivity contribution in [3.8, 4) is 11.5 Å². The summed E-state index contributed by atoms with van der Waals surface area (Å²) in [6.07, 6.45) is 0.413. The van der Waals surface area contributed by atoms with E-state index < -0.39 is 0 Å². The average molecular weight is 391 g/mol. The van der Waals surface area contributed by atoms with Crippen molar-refractivity contribution < 1.29 is 14.3 Å². The molecule has 0 unspecified atom stereocenters. The topological polar surface area (TPSA) is 59.6 Å². The molecule has 1 heterocycles. The minimum absolute atomic E-state index is 0.0102. The highest BCUT2D eigenvalue weighted by molar-refractivity contribution is 9.10. The largest absolute Gasteiger partial charge is 0.454 e. The van der Waals surface area contributed by atoms with Crippen molar-refractivity contribution in [2.45, 2.75) is 19.9 Å². The maximum Gasteiger partial charge on any atom is 0.231 e. The first kappa shape index (κ1) is 16.8. The number of fused-ring (bicyclic) bond motifs is 1. The summed E-state index contributed by atoms with van der Waals surface area (Å²) in [4.78, 5) is 12.0. The van der Waals surface area contributed by atoms with Gasteiger partial charge in [0.05, 0.1) is 0 Å². The van der Waals surface area contributed by atoms with Gasteiger partial charge in [0, 0.05) is 29.7 Å². The number of anilines is 1. The molecule has 0 saturated heterocycles. The Balaban J connectivity index is 1.41. The predicted molar refractivity (Wildman–Crippen MR) is 96.4 cm³/mol. The predicted octanol–water partition coefficient (Wildman–Crippen LogP) is 3.60. The van der Waals surface area contributed by atoms with Gasteiger partial charge in [0.15, 0.2) is 11.5 Å². The van der Waals surface area contributed by atoms with E-state index in [0.29, 0.717) is 19.5 Å². The van der Waals surface area contributed by atoms with Gasteiger partial charge in [-0.2, -0.15) is 0 Å². The number of hydrogen-bond acceptors (Lipinski definition) is 4. The fourth-order valence-corrected chi connectivity index (χ4v) is 2.76. The number of amides is 1. The minimum Gasteiger partial charge on any atom is -0.454 e. The van der Waals surface area contributed by atoms with Crippen LogP contribution < -0.4 is 20.1 Å². The van der Waals surface area contributed by atoms with Gasteiger partial charge in [-0.15, -0.1) is 0 Å². The third-order valence-electron chi connectivity index (χ3n) is 3.75. The third-order valence-corrected chi connectivity index (χ3v) is 4.60. The Bertz CT molecular complexity index is 749. The number of nitrogens with one attached hydrogen (secondary N) is 2. The smallest absolute Gasteiger partial charge is 0.231 e. The molecule has 0 fully saturated rings. The van der Waals surface area contributed by atoms with Crippen LogP contribution in [0.15, 0.2) is 40.9 Å². The zero-order chi connectivity index (χ0) is 16.9. The van der Waals surface area contributed by atoms with E-state index in [-0.39, 0.29) is 12.7 Å². The second-order valence-corrected chi connectivity index (χ2v) is 6.48. The minimum atomic E-state index is -0.0102. The van der Waals surface area contributed by atoms with Crippen molar-refractivity contribution >= 4 is 27.5 Å². The number of carbonyl (C=O) groups is 1. The van der Waals surface area contributed by atoms with Crippen LogP contribution >= 0.6 is 15.9 Å². The number of aryl methyl sites for hydroxylation is 1. The Morgan fingerprint density at radius 3 is 2.83 bits per heavy atom. The number of rotatable bonds is 6. The second kappa shape index (κ2) is 7.68. The summed E-state index contributed by atoms with van der Waals surface area (Å²) in [5.41, 5.74) is 3.04. The van der Waals surface area contributed by atoms with Crippen molar-refractivity contribution in [2.24, 2.45) is 0 Å². The summed E-state index contributed by atoms with van der Waals surface area (Å²) in [7, 11) is 0. The van der Waals surface area contributed by atoms with Crippen LogP contribution in [0.2, 0.25) is 0 Å². The standard InChI is InChI=1S/C18H19BrN2O3/c1-12-2-4-14(9-15(12)19)21-18(22)6-7-20-10-13-3-5-16-17(8-13)24-11-23-16/h2-5,8-9,20H,6-7,10-11H2,1H3,(H,21,22). The summed E-state index contributed by atoms with van der Waals surface area (Å²) in [5.74, 6) is 1.54. The lowest BCUT2D eigenvalue weighted by Crippen LogP contribution is -2.21. The Morgan fingerprint density at radius 1 is 1.17 bits per heavy atom. The molecule has 0 aliphatic carbocycles. The lowest BCUT2D eigenvalue weighted by molar-refractivity contribution is -0.116. The lowest BCUT2D eigenvalue weighted by atomic mass is 10.2. The van der Waals surface area contributed by atoms with Crippen molar-refractivity contribution in [3.05, 3.63) is 52.0 Å². The molecule has 1 aliphatic heterocycles. The molecule has 6 heteroatoms. The molecular weight excluding hydrogens is 372 g/mol. The molecule has 0 radical (unpaired) electrons. The molecule has 0 bridgehead atoms. The van der Waals surface area contributed by atoms with E-state index in [1.165, 1.54) is 0 Å². The monoisotopic (exact) mass is 390 g/mol. The van der Waals surface area contributed by atoms with E-state index >= 15 is 0 Å². The van der Waals surface area contributed by atoms with Crippen LogP contribution in [-0.4, -0.2) is 19.2 Å². The van der Waals surface area contributed by atoms with E-state index in [9.17, 15) is 4.79 Å². The fourth-order valence-electron chi connectivity index (χ4n) is 2.38. The maximum absolute atomic E-state index is 12.0. The van der Waals surface area contributed by atoms with E-state index in [0.717, 1.165) is 32.8 Å². The Labute approximate surface area is 149 Å². The van der Waals surface area contributed by atoms with Gasteiger partial charge < -0.3 is 20.1 Å². The normalized spacial score (nSPS) is 12.2. The number of ether oxygens (including phenoxy) is 2. The lowest BCUT2D eigenvalue weighted by Gasteiger charge is -2.08. The van der Waals surface area contributed by atoms with Crippen molar-refractivity contribution in [2.75, 3.05) is 18.7 Å². The highest BCUT2D eigenvalue weighted by Crippen LogP contribution is 2.32. The van der Waals surface area contributed by atoms with Crippen LogP contribution in [0.3, 0.4) is 0 Å². The van der Waals surface area contributed by atoms with Gasteiger partial charge in [0.25, 0.3) is 0 Å². The van der Waals surface area contributed by atoms with Crippen molar-refractivity contribution in [3.63, 3.8) is 0 Å². The van der Waals surface area contributed by atoms with Gasteiger partial charge in [-0.1, -0.05) is 28.1 Å². The molecule has 0 atom stereocenters. The molecule has 0 saturated carbocycles. The van der Waals surface area contributed by atoms with Crippen LogP contribution in [0.4, 0.5) is 5.69 Å². The quantitative estimate of drug-likeness (QED) is 0.739. The molecule has 1 aliphatic rings. The van der Waals surface area contributed by atoms with Crippen LogP contribution in [0.1, 0.15) is 17.5 Å². The summed E-state index contributed by atoms with van der Waals surface area (Å²) in [6, 6.07) is 11.6. The summed E-state index contributed by atoms with van der Waals surface area (Å²) in [6.45, 7) is 3.57. The van der Waals surface area contributed by atoms with Crippen LogP contribution in [0.5, 0.6) is 11.5 Å². The van der Waals surface area contributed by atoms with Crippen LogP contribution in [0.25, 0.3) is 0 Å². The van der Waals surface area contributed by atoms with E-state index in [2.05, 4.69) is 26.6 Å². The molecule has 0 spiro atoms. The number of benzene rings is 2. The highest BCUT2D eigenvalue weighted by atomic mass is 79.9. The van der Waals surface area contributed by atoms with E-state index in [4.69, 9.17) is 9.47 Å². The van der Waals surface area contributed by atoms with Gasteiger partial charge in [-0.3, -0.25) is 4.79 Å². The van der Waals surface area contributed by atoms with E-state index in [1.807, 2.05) is 43.3 Å². The Hall–Kier alpha value is -2.05. The summed E-state index contributed by atoms with van der Waals surface area (Å²) >= 11 is 3.46. The van der Waals surface area contributed by atoms with Crippen LogP contribution in [-0.2, 0) is 11.3 Å². The highest BCUT2D eigenvalue weighted by Gasteiger charge is 2.12. The van der Waals surface area contributed by atoms with Crippen LogP contribution in [0, 0.1) is 6.92 Å². The molecule has 2 aromatic carbocycles. The molecule has 5 nitrogen and oxygen atoms in total. The summed E-state index contributed by atoms with van der Waals surface area (Å²) in [5, 5.41) is 6.16. The molecule has 3 rings (SSSR count). The molecular formula is C18H19BrN2O3. The number of carbonyl (C=O) groups excluding carboxylic acids is 1. The third kappa shape index (κ3) is 4.27.